The number of hydrogen-bond acceptors (Lipinski definition) is 5. The summed E-state index contributed by atoms with van der Waals surface area (Å²) in [6.07, 6.45) is 101. The Balaban J connectivity index is 3.44. The second-order valence-electron chi connectivity index (χ2n) is 27.0. The van der Waals surface area contributed by atoms with Crippen LogP contribution in [0.3, 0.4) is 0 Å². The second-order valence-corrected chi connectivity index (χ2v) is 27.0. The molecule has 0 aliphatic carbocycles. The van der Waals surface area contributed by atoms with Gasteiger partial charge in [0.15, 0.2) is 0 Å². The van der Waals surface area contributed by atoms with Gasteiger partial charge in [-0.3, -0.25) is 9.59 Å². The van der Waals surface area contributed by atoms with Gasteiger partial charge in [-0.05, 0) is 89.9 Å². The number of rotatable bonds is 74. The third-order valence-electron chi connectivity index (χ3n) is 18.3. The van der Waals surface area contributed by atoms with Crippen LogP contribution >= 0.6 is 0 Å². The predicted octanol–water partition coefficient (Wildman–Crippen LogP) is 26.0. The number of ether oxygens (including phenoxy) is 1. The molecule has 0 aromatic rings. The minimum Gasteiger partial charge on any atom is -0.466 e. The molecule has 512 valence electrons. The standard InChI is InChI=1S/C81H153NO5/c1-3-5-7-9-11-13-15-17-19-21-23-24-25-29-32-35-38-41-45-49-53-57-61-65-69-73-79(84)78(77-83)82-80(85)74-70-66-62-58-54-50-46-42-39-36-33-30-27-26-28-31-34-37-40-44-48-52-56-60-64-68-72-76-87-81(86)75-71-67-63-59-55-51-47-43-22-20-18-16-14-12-10-8-6-4-2/h20,22,26-27,31,34,69,73,78-79,83-84H,3-19,21,23-25,28-30,32-33,35-68,70-72,74-77H2,1-2H3,(H,82,85)/b22-20-,27-26-,34-31-,73-69+. The number of aliphatic hydroxyl groups is 2. The second kappa shape index (κ2) is 76.3. The first-order valence-electron chi connectivity index (χ1n) is 39.4. The molecule has 0 radical (unpaired) electrons. The van der Waals surface area contributed by atoms with Crippen LogP contribution in [0.5, 0.6) is 0 Å². The quantitative estimate of drug-likeness (QED) is 0.0320. The predicted molar refractivity (Wildman–Crippen MR) is 384 cm³/mol. The van der Waals surface area contributed by atoms with Crippen LogP contribution < -0.4 is 5.32 Å². The Morgan fingerprint density at radius 1 is 0.322 bits per heavy atom. The molecule has 2 unspecified atom stereocenters. The van der Waals surface area contributed by atoms with Crippen molar-refractivity contribution in [2.24, 2.45) is 0 Å². The monoisotopic (exact) mass is 1220 g/mol. The van der Waals surface area contributed by atoms with Gasteiger partial charge in [0, 0.05) is 12.8 Å². The van der Waals surface area contributed by atoms with E-state index >= 15 is 0 Å². The first kappa shape index (κ1) is 84.8. The number of nitrogens with one attached hydrogen (secondary N) is 1. The number of esters is 1. The summed E-state index contributed by atoms with van der Waals surface area (Å²) in [5, 5.41) is 23.3. The van der Waals surface area contributed by atoms with Gasteiger partial charge in [-0.2, -0.15) is 0 Å². The Hall–Kier alpha value is -2.18. The molecule has 6 nitrogen and oxygen atoms in total. The zero-order valence-corrected chi connectivity index (χ0v) is 58.8. The van der Waals surface area contributed by atoms with Crippen molar-refractivity contribution in [1.82, 2.24) is 5.32 Å². The lowest BCUT2D eigenvalue weighted by atomic mass is 10.0. The summed E-state index contributed by atoms with van der Waals surface area (Å²) >= 11 is 0. The van der Waals surface area contributed by atoms with E-state index in [2.05, 4.69) is 55.6 Å². The molecular formula is C81H153NO5. The SMILES string of the molecule is CCCCCCCCC/C=C\CCCCCCCCCC(=O)OCCCCCCCCCCC/C=C\C/C=C\CCCCCCCCCCCCCC(=O)NC(CO)C(O)/C=C/CCCCCCCCCCCCCCCCCCCCCCCCC. The molecule has 2 atom stereocenters. The molecule has 0 heterocycles. The third-order valence-corrected chi connectivity index (χ3v) is 18.3. The highest BCUT2D eigenvalue weighted by atomic mass is 16.5. The van der Waals surface area contributed by atoms with E-state index in [1.165, 1.54) is 353 Å². The van der Waals surface area contributed by atoms with Crippen LogP contribution in [-0.2, 0) is 14.3 Å². The number of carbonyl (C=O) groups is 2. The zero-order chi connectivity index (χ0) is 62.8. The van der Waals surface area contributed by atoms with E-state index in [9.17, 15) is 19.8 Å². The van der Waals surface area contributed by atoms with Crippen LogP contribution in [0.25, 0.3) is 0 Å². The van der Waals surface area contributed by atoms with E-state index in [0.717, 1.165) is 51.4 Å². The van der Waals surface area contributed by atoms with Gasteiger partial charge in [0.1, 0.15) is 0 Å². The number of carbonyl (C=O) groups excluding carboxylic acids is 2. The summed E-state index contributed by atoms with van der Waals surface area (Å²) in [7, 11) is 0. The Morgan fingerprint density at radius 2 is 0.575 bits per heavy atom. The molecule has 0 fully saturated rings. The summed E-state index contributed by atoms with van der Waals surface area (Å²) in [6, 6.07) is -0.633. The Labute approximate surface area is 544 Å². The maximum atomic E-state index is 12.6. The molecule has 1 amide bonds. The number of unbranched alkanes of at least 4 members (excludes halogenated alkanes) is 57. The summed E-state index contributed by atoms with van der Waals surface area (Å²) < 4.78 is 5.50. The minimum absolute atomic E-state index is 0.00798. The van der Waals surface area contributed by atoms with Crippen molar-refractivity contribution >= 4 is 11.9 Å². The van der Waals surface area contributed by atoms with Crippen molar-refractivity contribution in [3.05, 3.63) is 48.6 Å². The molecule has 0 aliphatic heterocycles. The van der Waals surface area contributed by atoms with Gasteiger partial charge in [-0.1, -0.05) is 377 Å². The highest BCUT2D eigenvalue weighted by molar-refractivity contribution is 5.76. The smallest absolute Gasteiger partial charge is 0.305 e. The Morgan fingerprint density at radius 3 is 0.885 bits per heavy atom. The van der Waals surface area contributed by atoms with Crippen LogP contribution in [0.2, 0.25) is 0 Å². The molecule has 0 saturated carbocycles. The largest absolute Gasteiger partial charge is 0.466 e. The minimum atomic E-state index is -0.849. The molecule has 0 aromatic heterocycles. The summed E-state index contributed by atoms with van der Waals surface area (Å²) in [5.41, 5.74) is 0. The molecule has 87 heavy (non-hydrogen) atoms. The van der Waals surface area contributed by atoms with Gasteiger partial charge in [0.25, 0.3) is 0 Å². The van der Waals surface area contributed by atoms with E-state index in [0.29, 0.717) is 19.4 Å². The van der Waals surface area contributed by atoms with Crippen LogP contribution in [-0.4, -0.2) is 47.4 Å². The lowest BCUT2D eigenvalue weighted by Gasteiger charge is -2.20. The molecule has 3 N–H and O–H groups in total. The third kappa shape index (κ3) is 72.8. The first-order chi connectivity index (χ1) is 43.0. The average molecular weight is 1220 g/mol. The van der Waals surface area contributed by atoms with Gasteiger partial charge < -0.3 is 20.3 Å². The van der Waals surface area contributed by atoms with Crippen molar-refractivity contribution in [3.8, 4) is 0 Å². The van der Waals surface area contributed by atoms with Crippen molar-refractivity contribution < 1.29 is 24.5 Å². The molecular weight excluding hydrogens is 1070 g/mol. The molecule has 0 aliphatic rings. The van der Waals surface area contributed by atoms with Gasteiger partial charge in [0.2, 0.25) is 5.91 Å². The fourth-order valence-electron chi connectivity index (χ4n) is 12.3. The molecule has 6 heteroatoms. The van der Waals surface area contributed by atoms with E-state index in [4.69, 9.17) is 4.74 Å². The fraction of sp³-hybridized carbons (Fsp3) is 0.877. The van der Waals surface area contributed by atoms with Crippen molar-refractivity contribution in [2.75, 3.05) is 13.2 Å². The molecule has 0 bridgehead atoms. The lowest BCUT2D eigenvalue weighted by molar-refractivity contribution is -0.143. The van der Waals surface area contributed by atoms with Crippen molar-refractivity contribution in [1.29, 1.82) is 0 Å². The Bertz CT molecular complexity index is 1450. The average Bonchev–Trinajstić information content (AvgIpc) is 3.52. The number of amides is 1. The maximum absolute atomic E-state index is 12.6. The normalized spacial score (nSPS) is 12.7. The highest BCUT2D eigenvalue weighted by Gasteiger charge is 2.18. The van der Waals surface area contributed by atoms with Gasteiger partial charge in [0.05, 0.1) is 25.4 Å². The van der Waals surface area contributed by atoms with Crippen molar-refractivity contribution in [3.63, 3.8) is 0 Å². The summed E-state index contributed by atoms with van der Waals surface area (Å²) in [4.78, 5) is 24.7. The first-order valence-corrected chi connectivity index (χ1v) is 39.4. The van der Waals surface area contributed by atoms with Gasteiger partial charge >= 0.3 is 5.97 Å². The van der Waals surface area contributed by atoms with E-state index in [1.54, 1.807) is 6.08 Å². The Kier molecular flexibility index (Phi) is 74.4. The zero-order valence-electron chi connectivity index (χ0n) is 58.8. The molecule has 0 aromatic carbocycles. The molecule has 0 saturated heterocycles. The maximum Gasteiger partial charge on any atom is 0.305 e. The molecule has 0 rings (SSSR count). The van der Waals surface area contributed by atoms with Gasteiger partial charge in [-0.15, -0.1) is 0 Å². The van der Waals surface area contributed by atoms with Crippen molar-refractivity contribution in [2.45, 2.75) is 443 Å². The van der Waals surface area contributed by atoms with E-state index in [1.807, 2.05) is 6.08 Å². The summed E-state index contributed by atoms with van der Waals surface area (Å²) in [5.74, 6) is -0.0589. The topological polar surface area (TPSA) is 95.9 Å². The highest BCUT2D eigenvalue weighted by Crippen LogP contribution is 2.19. The van der Waals surface area contributed by atoms with Crippen LogP contribution in [0.1, 0.15) is 431 Å². The van der Waals surface area contributed by atoms with Crippen LogP contribution in [0, 0.1) is 0 Å². The van der Waals surface area contributed by atoms with Crippen LogP contribution in [0.4, 0.5) is 0 Å². The van der Waals surface area contributed by atoms with E-state index in [-0.39, 0.29) is 18.5 Å². The lowest BCUT2D eigenvalue weighted by Crippen LogP contribution is -2.45. The summed E-state index contributed by atoms with van der Waals surface area (Å²) in [6.45, 7) is 4.94. The van der Waals surface area contributed by atoms with Gasteiger partial charge in [-0.25, -0.2) is 0 Å². The van der Waals surface area contributed by atoms with Crippen LogP contribution in [0.15, 0.2) is 48.6 Å². The number of hydrogen-bond donors (Lipinski definition) is 3. The number of aliphatic hydroxyl groups excluding tert-OH is 2. The fourth-order valence-corrected chi connectivity index (χ4v) is 12.3. The van der Waals surface area contributed by atoms with E-state index < -0.39 is 12.1 Å². The number of allylic oxidation sites excluding steroid dienone is 7. The molecule has 0 spiro atoms.